The molecule has 1 atom stereocenters. The van der Waals surface area contributed by atoms with Gasteiger partial charge in [0.1, 0.15) is 0 Å². The van der Waals surface area contributed by atoms with Crippen molar-refractivity contribution in [2.24, 2.45) is 0 Å². The monoisotopic (exact) mass is 437 g/mol. The average Bonchev–Trinajstić information content (AvgIpc) is 3.09. The number of nitrogens with zero attached hydrogens (tertiary/aromatic N) is 3. The molecule has 0 radical (unpaired) electrons. The average molecular weight is 438 g/mol. The van der Waals surface area contributed by atoms with Crippen LogP contribution in [0.3, 0.4) is 0 Å². The molecule has 3 aromatic rings. The van der Waals surface area contributed by atoms with E-state index in [1.807, 2.05) is 0 Å². The van der Waals surface area contributed by atoms with Crippen molar-refractivity contribution in [2.75, 3.05) is 6.54 Å². The molecule has 0 aliphatic carbocycles. The zero-order chi connectivity index (χ0) is 20.7. The number of aromatic hydroxyl groups is 1. The number of benzene rings is 2. The van der Waals surface area contributed by atoms with Gasteiger partial charge in [-0.05, 0) is 43.0 Å². The van der Waals surface area contributed by atoms with Crippen LogP contribution in [-0.4, -0.2) is 38.5 Å². The van der Waals surface area contributed by atoms with Crippen molar-refractivity contribution < 1.29 is 18.7 Å². The Balaban J connectivity index is 1.64. The predicted molar refractivity (Wildman–Crippen MR) is 105 cm³/mol. The largest absolute Gasteiger partial charge is 0.492 e. The summed E-state index contributed by atoms with van der Waals surface area (Å²) in [6.07, 6.45) is 2.08. The highest BCUT2D eigenvalue weighted by Gasteiger charge is 2.32. The zero-order valence-corrected chi connectivity index (χ0v) is 16.5. The second-order valence-electron chi connectivity index (χ2n) is 6.93. The molecule has 9 heteroatoms. The highest BCUT2D eigenvalue weighted by atomic mass is 35.5. The van der Waals surface area contributed by atoms with Crippen LogP contribution >= 0.6 is 23.2 Å². The van der Waals surface area contributed by atoms with Gasteiger partial charge in [-0.15, -0.1) is 0 Å². The normalized spacial score (nSPS) is 16.6. The molecule has 0 spiro atoms. The van der Waals surface area contributed by atoms with Crippen LogP contribution in [0, 0.1) is 11.6 Å². The first-order valence-corrected chi connectivity index (χ1v) is 9.69. The highest BCUT2D eigenvalue weighted by molar-refractivity contribution is 6.34. The predicted octanol–water partition coefficient (Wildman–Crippen LogP) is 4.77. The maximum absolute atomic E-state index is 13.5. The van der Waals surface area contributed by atoms with E-state index in [-0.39, 0.29) is 22.8 Å². The van der Waals surface area contributed by atoms with Crippen LogP contribution < -0.4 is 0 Å². The summed E-state index contributed by atoms with van der Waals surface area (Å²) in [6, 6.07) is 6.75. The van der Waals surface area contributed by atoms with Crippen molar-refractivity contribution in [3.8, 4) is 5.88 Å². The summed E-state index contributed by atoms with van der Waals surface area (Å²) in [5.74, 6) is -3.35. The molecular formula is C20H15Cl2F2N3O2. The summed E-state index contributed by atoms with van der Waals surface area (Å²) in [6.45, 7) is 0.481. The number of fused-ring (bicyclic) bond motifs is 1. The minimum absolute atomic E-state index is 0.0116. The summed E-state index contributed by atoms with van der Waals surface area (Å²) in [5.41, 5.74) is 0.546. The van der Waals surface area contributed by atoms with E-state index in [9.17, 15) is 18.7 Å². The lowest BCUT2D eigenvalue weighted by molar-refractivity contribution is 0.0726. The Morgan fingerprint density at radius 1 is 1.07 bits per heavy atom. The minimum atomic E-state index is -1.11. The molecule has 0 bridgehead atoms. The lowest BCUT2D eigenvalue weighted by Gasteiger charge is -2.25. The van der Waals surface area contributed by atoms with E-state index in [1.54, 1.807) is 23.1 Å². The van der Waals surface area contributed by atoms with Crippen molar-refractivity contribution in [2.45, 2.75) is 25.3 Å². The third kappa shape index (κ3) is 3.97. The molecular weight excluding hydrogens is 423 g/mol. The van der Waals surface area contributed by atoms with Crippen LogP contribution in [0.25, 0.3) is 11.0 Å². The molecule has 5 nitrogen and oxygen atoms in total. The Bertz CT molecular complexity index is 1110. The summed E-state index contributed by atoms with van der Waals surface area (Å²) in [4.78, 5) is 22.5. The number of amides is 1. The molecule has 150 valence electrons. The molecule has 1 saturated heterocycles. The Hall–Kier alpha value is -2.51. The van der Waals surface area contributed by atoms with E-state index >= 15 is 0 Å². The number of carbonyl (C=O) groups excluding carboxylic acids is 1. The first kappa shape index (κ1) is 19.8. The van der Waals surface area contributed by atoms with E-state index in [4.69, 9.17) is 23.2 Å². The molecule has 1 aliphatic heterocycles. The summed E-state index contributed by atoms with van der Waals surface area (Å²) >= 11 is 12.1. The van der Waals surface area contributed by atoms with Crippen LogP contribution in [0.5, 0.6) is 5.88 Å². The maximum atomic E-state index is 13.5. The fourth-order valence-electron chi connectivity index (χ4n) is 3.64. The molecule has 1 fully saturated rings. The molecule has 1 amide bonds. The number of likely N-dealkylation sites (tertiary alicyclic amines) is 1. The molecule has 2 heterocycles. The lowest BCUT2D eigenvalue weighted by Crippen LogP contribution is -2.37. The van der Waals surface area contributed by atoms with Gasteiger partial charge < -0.3 is 10.0 Å². The maximum Gasteiger partial charge on any atom is 0.278 e. The fraction of sp³-hybridized carbons (Fsp3) is 0.250. The number of hydrogen-bond donors (Lipinski definition) is 1. The van der Waals surface area contributed by atoms with E-state index in [0.29, 0.717) is 23.0 Å². The van der Waals surface area contributed by atoms with Crippen LogP contribution in [0.4, 0.5) is 8.78 Å². The zero-order valence-electron chi connectivity index (χ0n) is 15.0. The SMILES string of the molecule is O=C(c1nc2cc(F)c(F)cc2nc1O)N1CCC[C@H]1Cc1cc(Cl)cc(Cl)c1. The first-order chi connectivity index (χ1) is 13.8. The van der Waals surface area contributed by atoms with Crippen molar-refractivity contribution in [1.82, 2.24) is 14.9 Å². The number of hydrogen-bond acceptors (Lipinski definition) is 4. The second-order valence-corrected chi connectivity index (χ2v) is 7.80. The minimum Gasteiger partial charge on any atom is -0.492 e. The van der Waals surface area contributed by atoms with Gasteiger partial charge in [-0.25, -0.2) is 18.7 Å². The van der Waals surface area contributed by atoms with Crippen LogP contribution in [0.15, 0.2) is 30.3 Å². The molecule has 2 aromatic carbocycles. The number of aromatic nitrogens is 2. The number of rotatable bonds is 3. The van der Waals surface area contributed by atoms with Crippen LogP contribution in [0.2, 0.25) is 10.0 Å². The van der Waals surface area contributed by atoms with E-state index in [1.165, 1.54) is 0 Å². The van der Waals surface area contributed by atoms with Gasteiger partial charge in [0.15, 0.2) is 17.3 Å². The van der Waals surface area contributed by atoms with Gasteiger partial charge in [-0.3, -0.25) is 4.79 Å². The highest BCUT2D eigenvalue weighted by Crippen LogP contribution is 2.28. The smallest absolute Gasteiger partial charge is 0.278 e. The van der Waals surface area contributed by atoms with Gasteiger partial charge in [0, 0.05) is 34.8 Å². The molecule has 0 unspecified atom stereocenters. The first-order valence-electron chi connectivity index (χ1n) is 8.93. The van der Waals surface area contributed by atoms with Crippen LogP contribution in [-0.2, 0) is 6.42 Å². The standard InChI is InChI=1S/C20H15Cl2F2N3O2/c21-11-4-10(5-12(22)7-11)6-13-2-1-3-27(13)20(29)18-19(28)26-17-9-15(24)14(23)8-16(17)25-18/h4-5,7-9,13H,1-3,6H2,(H,26,28)/t13-/m0/s1. The lowest BCUT2D eigenvalue weighted by atomic mass is 10.0. The summed E-state index contributed by atoms with van der Waals surface area (Å²) < 4.78 is 26.9. The van der Waals surface area contributed by atoms with Crippen molar-refractivity contribution in [3.05, 3.63) is 63.3 Å². The Morgan fingerprint density at radius 3 is 2.34 bits per heavy atom. The molecule has 29 heavy (non-hydrogen) atoms. The van der Waals surface area contributed by atoms with Gasteiger partial charge in [-0.1, -0.05) is 23.2 Å². The van der Waals surface area contributed by atoms with E-state index in [2.05, 4.69) is 9.97 Å². The number of carbonyl (C=O) groups is 1. The Labute approximate surface area is 174 Å². The summed E-state index contributed by atoms with van der Waals surface area (Å²) in [7, 11) is 0. The molecule has 4 rings (SSSR count). The van der Waals surface area contributed by atoms with Crippen molar-refractivity contribution in [3.63, 3.8) is 0 Å². The van der Waals surface area contributed by atoms with E-state index in [0.717, 1.165) is 30.5 Å². The van der Waals surface area contributed by atoms with Gasteiger partial charge in [0.2, 0.25) is 5.88 Å². The molecule has 0 saturated carbocycles. The van der Waals surface area contributed by atoms with Gasteiger partial charge in [0.05, 0.1) is 11.0 Å². The summed E-state index contributed by atoms with van der Waals surface area (Å²) in [5, 5.41) is 11.2. The van der Waals surface area contributed by atoms with Gasteiger partial charge in [-0.2, -0.15) is 0 Å². The van der Waals surface area contributed by atoms with Crippen molar-refractivity contribution in [1.29, 1.82) is 0 Å². The number of halogens is 4. The topological polar surface area (TPSA) is 66.3 Å². The molecule has 1 aromatic heterocycles. The quantitative estimate of drug-likeness (QED) is 0.640. The molecule has 1 aliphatic rings. The van der Waals surface area contributed by atoms with E-state index < -0.39 is 23.4 Å². The Kier molecular flexibility index (Phi) is 5.27. The third-order valence-electron chi connectivity index (χ3n) is 4.92. The van der Waals surface area contributed by atoms with Crippen molar-refractivity contribution >= 4 is 40.1 Å². The Morgan fingerprint density at radius 2 is 1.69 bits per heavy atom. The van der Waals surface area contributed by atoms with Gasteiger partial charge >= 0.3 is 0 Å². The van der Waals surface area contributed by atoms with Crippen LogP contribution in [0.1, 0.15) is 28.9 Å². The fourth-order valence-corrected chi connectivity index (χ4v) is 4.21. The second kappa shape index (κ2) is 7.72. The van der Waals surface area contributed by atoms with Gasteiger partial charge in [0.25, 0.3) is 5.91 Å². The third-order valence-corrected chi connectivity index (χ3v) is 5.36. The molecule has 1 N–H and O–H groups in total.